The van der Waals surface area contributed by atoms with E-state index in [4.69, 9.17) is 9.26 Å². The summed E-state index contributed by atoms with van der Waals surface area (Å²) in [6, 6.07) is 6.04. The van der Waals surface area contributed by atoms with E-state index in [1.807, 2.05) is 0 Å². The maximum absolute atomic E-state index is 13.1. The van der Waals surface area contributed by atoms with Crippen molar-refractivity contribution < 1.29 is 13.7 Å². The summed E-state index contributed by atoms with van der Waals surface area (Å²) in [5.41, 5.74) is 0.717. The molecule has 0 aliphatic carbocycles. The van der Waals surface area contributed by atoms with Crippen LogP contribution >= 0.6 is 11.8 Å². The highest BCUT2D eigenvalue weighted by molar-refractivity contribution is 7.98. The minimum absolute atomic E-state index is 0.204. The van der Waals surface area contributed by atoms with Crippen molar-refractivity contribution in [2.24, 2.45) is 0 Å². The van der Waals surface area contributed by atoms with Crippen molar-refractivity contribution in [1.82, 2.24) is 24.9 Å². The minimum atomic E-state index is -0.294. The molecule has 30 heavy (non-hydrogen) atoms. The van der Waals surface area contributed by atoms with Crippen molar-refractivity contribution in [2.45, 2.75) is 49.2 Å². The molecule has 0 radical (unpaired) electrons. The molecule has 2 aromatic heterocycles. The Balaban J connectivity index is 1.31. The van der Waals surface area contributed by atoms with Gasteiger partial charge in [0.15, 0.2) is 5.16 Å². The van der Waals surface area contributed by atoms with E-state index in [2.05, 4.69) is 29.8 Å². The first-order valence-corrected chi connectivity index (χ1v) is 11.3. The van der Waals surface area contributed by atoms with E-state index in [0.29, 0.717) is 23.0 Å². The molecule has 2 saturated heterocycles. The summed E-state index contributed by atoms with van der Waals surface area (Å²) in [6.45, 7) is 3.60. The number of hydrogen-bond acceptors (Lipinski definition) is 8. The first-order chi connectivity index (χ1) is 14.8. The van der Waals surface area contributed by atoms with Crippen LogP contribution in [-0.4, -0.2) is 50.7 Å². The maximum atomic E-state index is 13.1. The zero-order chi connectivity index (χ0) is 20.3. The van der Waals surface area contributed by atoms with Crippen LogP contribution < -0.4 is 4.90 Å². The number of hydrogen-bond donors (Lipinski definition) is 0. The van der Waals surface area contributed by atoms with Gasteiger partial charge >= 0.3 is 0 Å². The van der Waals surface area contributed by atoms with Crippen LogP contribution in [0.4, 0.5) is 10.3 Å². The third-order valence-electron chi connectivity index (χ3n) is 5.39. The molecule has 3 aromatic rings. The number of aromatic nitrogens is 5. The van der Waals surface area contributed by atoms with Crippen molar-refractivity contribution in [3.63, 3.8) is 0 Å². The van der Waals surface area contributed by atoms with Gasteiger partial charge < -0.3 is 14.2 Å². The van der Waals surface area contributed by atoms with E-state index in [-0.39, 0.29) is 11.9 Å². The summed E-state index contributed by atoms with van der Waals surface area (Å²) in [4.78, 5) is 6.73. The predicted octanol–water partition coefficient (Wildman–Crippen LogP) is 3.54. The van der Waals surface area contributed by atoms with E-state index >= 15 is 0 Å². The number of nitrogens with zero attached hydrogens (tertiary/aromatic N) is 6. The van der Waals surface area contributed by atoms with Gasteiger partial charge in [-0.2, -0.15) is 4.98 Å². The maximum Gasteiger partial charge on any atom is 0.237 e. The topological polar surface area (TPSA) is 82.1 Å². The Morgan fingerprint density at radius 1 is 1.10 bits per heavy atom. The second-order valence-electron chi connectivity index (χ2n) is 7.53. The third kappa shape index (κ3) is 4.20. The van der Waals surface area contributed by atoms with Crippen LogP contribution in [0.3, 0.4) is 0 Å². The molecular formula is C20H23FN6O2S. The van der Waals surface area contributed by atoms with Crippen molar-refractivity contribution in [1.29, 1.82) is 0 Å². The van der Waals surface area contributed by atoms with Crippen LogP contribution in [0, 0.1) is 5.82 Å². The minimum Gasteiger partial charge on any atom is -0.376 e. The Labute approximate surface area is 177 Å². The largest absolute Gasteiger partial charge is 0.376 e. The molecule has 10 heteroatoms. The zero-order valence-corrected chi connectivity index (χ0v) is 17.4. The fourth-order valence-electron chi connectivity index (χ4n) is 3.85. The van der Waals surface area contributed by atoms with Gasteiger partial charge in [-0.1, -0.05) is 16.9 Å². The number of anilines is 1. The quantitative estimate of drug-likeness (QED) is 0.527. The fraction of sp³-hybridized carbons (Fsp3) is 0.500. The number of benzene rings is 1. The predicted molar refractivity (Wildman–Crippen MR) is 110 cm³/mol. The van der Waals surface area contributed by atoms with Crippen LogP contribution in [0.5, 0.6) is 0 Å². The van der Waals surface area contributed by atoms with E-state index in [9.17, 15) is 4.39 Å². The molecule has 2 aliphatic heterocycles. The van der Waals surface area contributed by atoms with Crippen LogP contribution in [0.25, 0.3) is 11.4 Å². The lowest BCUT2D eigenvalue weighted by Gasteiger charge is -2.20. The van der Waals surface area contributed by atoms with Crippen LogP contribution in [0.15, 0.2) is 33.9 Å². The molecule has 1 atom stereocenters. The Morgan fingerprint density at radius 3 is 2.70 bits per heavy atom. The highest BCUT2D eigenvalue weighted by Gasteiger charge is 2.25. The van der Waals surface area contributed by atoms with Gasteiger partial charge in [0.05, 0.1) is 18.4 Å². The van der Waals surface area contributed by atoms with Gasteiger partial charge in [0.2, 0.25) is 17.7 Å². The Morgan fingerprint density at radius 2 is 1.93 bits per heavy atom. The van der Waals surface area contributed by atoms with Gasteiger partial charge in [-0.25, -0.2) is 4.39 Å². The van der Waals surface area contributed by atoms with E-state index < -0.39 is 0 Å². The average Bonchev–Trinajstić information content (AvgIpc) is 3.55. The van der Waals surface area contributed by atoms with Crippen molar-refractivity contribution >= 4 is 17.7 Å². The number of ether oxygens (including phenoxy) is 1. The van der Waals surface area contributed by atoms with Gasteiger partial charge in [0, 0.05) is 25.3 Å². The Kier molecular flexibility index (Phi) is 5.67. The first-order valence-electron chi connectivity index (χ1n) is 10.3. The second kappa shape index (κ2) is 8.73. The molecule has 5 rings (SSSR count). The molecule has 1 unspecified atom stereocenters. The summed E-state index contributed by atoms with van der Waals surface area (Å²) in [5, 5.41) is 13.8. The van der Waals surface area contributed by atoms with Gasteiger partial charge in [-0.05, 0) is 49.9 Å². The van der Waals surface area contributed by atoms with E-state index in [0.717, 1.165) is 50.2 Å². The second-order valence-corrected chi connectivity index (χ2v) is 8.47. The monoisotopic (exact) mass is 430 g/mol. The summed E-state index contributed by atoms with van der Waals surface area (Å²) < 4.78 is 26.5. The molecule has 2 aliphatic rings. The molecular weight excluding hydrogens is 407 g/mol. The molecule has 1 aromatic carbocycles. The third-order valence-corrected chi connectivity index (χ3v) is 6.34. The van der Waals surface area contributed by atoms with Crippen molar-refractivity contribution in [2.75, 3.05) is 24.6 Å². The Bertz CT molecular complexity index is 980. The number of rotatable bonds is 7. The summed E-state index contributed by atoms with van der Waals surface area (Å²) >= 11 is 1.52. The highest BCUT2D eigenvalue weighted by atomic mass is 32.2. The van der Waals surface area contributed by atoms with E-state index in [1.165, 1.54) is 36.7 Å². The zero-order valence-electron chi connectivity index (χ0n) is 16.5. The lowest BCUT2D eigenvalue weighted by Crippen LogP contribution is -2.25. The molecule has 0 spiro atoms. The van der Waals surface area contributed by atoms with E-state index in [1.54, 1.807) is 12.1 Å². The molecule has 158 valence electrons. The first kappa shape index (κ1) is 19.5. The molecule has 0 saturated carbocycles. The molecule has 0 bridgehead atoms. The van der Waals surface area contributed by atoms with Crippen LogP contribution in [0.2, 0.25) is 0 Å². The van der Waals surface area contributed by atoms with Gasteiger partial charge in [-0.3, -0.25) is 4.57 Å². The molecule has 8 nitrogen and oxygen atoms in total. The smallest absolute Gasteiger partial charge is 0.237 e. The Hall–Kier alpha value is -2.46. The number of halogens is 1. The molecule has 0 amide bonds. The van der Waals surface area contributed by atoms with Gasteiger partial charge in [0.1, 0.15) is 5.82 Å². The molecule has 2 fully saturated rings. The SMILES string of the molecule is Fc1ccc(-c2noc(CSc3nnc(N4CCCC4)n3CC3CCCO3)n2)cc1. The fourth-order valence-corrected chi connectivity index (χ4v) is 4.63. The average molecular weight is 431 g/mol. The lowest BCUT2D eigenvalue weighted by atomic mass is 10.2. The molecule has 4 heterocycles. The van der Waals surface area contributed by atoms with Crippen LogP contribution in [-0.2, 0) is 17.0 Å². The van der Waals surface area contributed by atoms with Crippen molar-refractivity contribution in [3.8, 4) is 11.4 Å². The summed E-state index contributed by atoms with van der Waals surface area (Å²) in [7, 11) is 0. The molecule has 0 N–H and O–H groups in total. The van der Waals surface area contributed by atoms with Crippen LogP contribution in [0.1, 0.15) is 31.6 Å². The summed E-state index contributed by atoms with van der Waals surface area (Å²) in [6.07, 6.45) is 4.73. The standard InChI is InChI=1S/C20H23FN6O2S/c21-15-7-5-14(6-8-15)18-22-17(29-25-18)13-30-20-24-23-19(26-9-1-2-10-26)27(20)12-16-4-3-11-28-16/h5-8,16H,1-4,9-13H2. The normalized spacial score (nSPS) is 19.1. The van der Waals surface area contributed by atoms with Crippen molar-refractivity contribution in [3.05, 3.63) is 36.0 Å². The number of thioether (sulfide) groups is 1. The highest BCUT2D eigenvalue weighted by Crippen LogP contribution is 2.29. The lowest BCUT2D eigenvalue weighted by molar-refractivity contribution is 0.0952. The van der Waals surface area contributed by atoms with Gasteiger partial charge in [0.25, 0.3) is 0 Å². The summed E-state index contributed by atoms with van der Waals surface area (Å²) in [5.74, 6) is 2.05. The van der Waals surface area contributed by atoms with Gasteiger partial charge in [-0.15, -0.1) is 10.2 Å².